The molecule has 0 spiro atoms. The third-order valence-corrected chi connectivity index (χ3v) is 2.72. The molecule has 4 heteroatoms. The van der Waals surface area contributed by atoms with Gasteiger partial charge in [-0.25, -0.2) is 4.79 Å². The van der Waals surface area contributed by atoms with E-state index in [0.29, 0.717) is 12.5 Å². The van der Waals surface area contributed by atoms with Gasteiger partial charge < -0.3 is 16.2 Å². The predicted molar refractivity (Wildman–Crippen MR) is 50.0 cm³/mol. The van der Waals surface area contributed by atoms with Crippen LogP contribution < -0.4 is 11.5 Å². The minimum Gasteiger partial charge on any atom is -0.441 e. The monoisotopic (exact) mass is 186 g/mol. The number of hydrogen-bond donors (Lipinski definition) is 2. The van der Waals surface area contributed by atoms with Crippen molar-refractivity contribution in [3.05, 3.63) is 0 Å². The zero-order valence-electron chi connectivity index (χ0n) is 8.46. The second kappa shape index (κ2) is 2.87. The van der Waals surface area contributed by atoms with Crippen LogP contribution in [-0.2, 0) is 4.74 Å². The summed E-state index contributed by atoms with van der Waals surface area (Å²) in [6.07, 6.45) is 0.104. The Hall–Kier alpha value is -0.770. The molecule has 2 atom stereocenters. The van der Waals surface area contributed by atoms with Crippen LogP contribution in [-0.4, -0.2) is 18.2 Å². The number of nitrogens with two attached hydrogens (primary N) is 2. The molecule has 0 saturated heterocycles. The highest BCUT2D eigenvalue weighted by Crippen LogP contribution is 2.55. The van der Waals surface area contributed by atoms with E-state index >= 15 is 0 Å². The maximum absolute atomic E-state index is 10.6. The van der Waals surface area contributed by atoms with Gasteiger partial charge in [0, 0.05) is 12.5 Å². The summed E-state index contributed by atoms with van der Waals surface area (Å²) in [5.41, 5.74) is 10.2. The van der Waals surface area contributed by atoms with Crippen molar-refractivity contribution in [1.29, 1.82) is 0 Å². The van der Waals surface area contributed by atoms with E-state index in [1.54, 1.807) is 0 Å². The highest BCUT2D eigenvalue weighted by molar-refractivity contribution is 5.65. The Balaban J connectivity index is 2.64. The van der Waals surface area contributed by atoms with Crippen LogP contribution in [0.25, 0.3) is 0 Å². The number of carbonyl (C=O) groups excluding carboxylic acids is 1. The van der Waals surface area contributed by atoms with Gasteiger partial charge in [0.2, 0.25) is 0 Å². The zero-order valence-corrected chi connectivity index (χ0v) is 8.46. The summed E-state index contributed by atoms with van der Waals surface area (Å²) in [6, 6.07) is 0. The summed E-state index contributed by atoms with van der Waals surface area (Å²) in [4.78, 5) is 10.6. The first-order valence-electron chi connectivity index (χ1n) is 4.50. The molecule has 1 aliphatic rings. The molecule has 76 valence electrons. The summed E-state index contributed by atoms with van der Waals surface area (Å²) in [6.45, 7) is 6.69. The van der Waals surface area contributed by atoms with Gasteiger partial charge in [-0.2, -0.15) is 0 Å². The third-order valence-electron chi connectivity index (χ3n) is 2.72. The first-order chi connectivity index (χ1) is 5.82. The Kier molecular flexibility index (Phi) is 2.28. The van der Waals surface area contributed by atoms with Crippen molar-refractivity contribution in [2.75, 3.05) is 6.54 Å². The van der Waals surface area contributed by atoms with E-state index in [9.17, 15) is 4.79 Å². The minimum absolute atomic E-state index is 0.120. The Bertz CT molecular complexity index is 222. The van der Waals surface area contributed by atoms with Crippen molar-refractivity contribution in [2.24, 2.45) is 22.8 Å². The van der Waals surface area contributed by atoms with Crippen molar-refractivity contribution in [1.82, 2.24) is 0 Å². The van der Waals surface area contributed by atoms with Crippen LogP contribution >= 0.6 is 0 Å². The van der Waals surface area contributed by atoms with E-state index in [4.69, 9.17) is 16.2 Å². The smallest absolute Gasteiger partial charge is 0.405 e. The first-order valence-corrected chi connectivity index (χ1v) is 4.50. The topological polar surface area (TPSA) is 78.3 Å². The van der Waals surface area contributed by atoms with Gasteiger partial charge in [-0.1, -0.05) is 20.8 Å². The molecular formula is C9H18N2O2. The van der Waals surface area contributed by atoms with Gasteiger partial charge in [0.25, 0.3) is 0 Å². The van der Waals surface area contributed by atoms with Crippen LogP contribution in [0.2, 0.25) is 0 Å². The lowest BCUT2D eigenvalue weighted by Gasteiger charge is -2.23. The molecule has 0 bridgehead atoms. The maximum Gasteiger partial charge on any atom is 0.405 e. The van der Waals surface area contributed by atoms with Gasteiger partial charge in [0.1, 0.15) is 5.60 Å². The average Bonchev–Trinajstić information content (AvgIpc) is 2.62. The van der Waals surface area contributed by atoms with Gasteiger partial charge in [-0.15, -0.1) is 0 Å². The van der Waals surface area contributed by atoms with Crippen LogP contribution in [0, 0.1) is 11.3 Å². The van der Waals surface area contributed by atoms with Crippen LogP contribution in [0.5, 0.6) is 0 Å². The normalized spacial score (nSPS) is 32.8. The molecule has 0 radical (unpaired) electrons. The largest absolute Gasteiger partial charge is 0.441 e. The Labute approximate surface area is 78.6 Å². The van der Waals surface area contributed by atoms with Crippen molar-refractivity contribution in [3.63, 3.8) is 0 Å². The van der Waals surface area contributed by atoms with Crippen LogP contribution in [0.15, 0.2) is 0 Å². The fourth-order valence-corrected chi connectivity index (χ4v) is 1.96. The molecule has 4 N–H and O–H groups in total. The second-order valence-electron chi connectivity index (χ2n) is 4.81. The van der Waals surface area contributed by atoms with Gasteiger partial charge in [0.15, 0.2) is 0 Å². The highest BCUT2D eigenvalue weighted by Gasteiger charge is 2.61. The maximum atomic E-state index is 10.6. The number of rotatable bonds is 2. The van der Waals surface area contributed by atoms with E-state index in [-0.39, 0.29) is 5.41 Å². The highest BCUT2D eigenvalue weighted by atomic mass is 16.6. The van der Waals surface area contributed by atoms with Crippen LogP contribution in [0.4, 0.5) is 4.79 Å². The first kappa shape index (κ1) is 10.3. The molecule has 1 rings (SSSR count). The quantitative estimate of drug-likeness (QED) is 0.671. The molecule has 1 amide bonds. The summed E-state index contributed by atoms with van der Waals surface area (Å²) < 4.78 is 5.05. The molecule has 0 aliphatic heterocycles. The molecule has 1 aliphatic carbocycles. The molecule has 0 aromatic rings. The molecule has 0 aromatic heterocycles. The molecular weight excluding hydrogens is 168 g/mol. The van der Waals surface area contributed by atoms with E-state index in [1.807, 2.05) is 0 Å². The molecule has 0 unspecified atom stereocenters. The lowest BCUT2D eigenvalue weighted by Crippen LogP contribution is -2.35. The van der Waals surface area contributed by atoms with Crippen molar-refractivity contribution in [3.8, 4) is 0 Å². The number of amides is 1. The molecule has 1 fully saturated rings. The number of primary amides is 1. The van der Waals surface area contributed by atoms with E-state index < -0.39 is 11.7 Å². The van der Waals surface area contributed by atoms with E-state index in [1.165, 1.54) is 0 Å². The summed E-state index contributed by atoms with van der Waals surface area (Å²) >= 11 is 0. The van der Waals surface area contributed by atoms with Gasteiger partial charge >= 0.3 is 6.09 Å². The Morgan fingerprint density at radius 1 is 1.62 bits per heavy atom. The van der Waals surface area contributed by atoms with Gasteiger partial charge in [-0.05, 0) is 11.8 Å². The Morgan fingerprint density at radius 2 is 2.15 bits per heavy atom. The molecule has 4 nitrogen and oxygen atoms in total. The summed E-state index contributed by atoms with van der Waals surface area (Å²) in [5.74, 6) is 0.331. The Morgan fingerprint density at radius 3 is 2.38 bits per heavy atom. The van der Waals surface area contributed by atoms with Gasteiger partial charge in [-0.3, -0.25) is 0 Å². The third kappa shape index (κ3) is 1.94. The standard InChI is InChI=1S/C9H18N2O2/c1-8(2,3)6-4-9(6,5-10)13-7(11)12/h6H,4-5,10H2,1-3H3,(H2,11,12)/t6-,9-/m0/s1. The van der Waals surface area contributed by atoms with Gasteiger partial charge in [0.05, 0.1) is 0 Å². The van der Waals surface area contributed by atoms with Crippen molar-refractivity contribution >= 4 is 6.09 Å². The lowest BCUT2D eigenvalue weighted by molar-refractivity contribution is 0.0694. The number of ether oxygens (including phenoxy) is 1. The molecule has 0 heterocycles. The summed E-state index contributed by atoms with van der Waals surface area (Å²) in [5, 5.41) is 0. The van der Waals surface area contributed by atoms with E-state index in [2.05, 4.69) is 20.8 Å². The molecule has 0 aromatic carbocycles. The van der Waals surface area contributed by atoms with Crippen molar-refractivity contribution in [2.45, 2.75) is 32.8 Å². The number of carbonyl (C=O) groups is 1. The average molecular weight is 186 g/mol. The van der Waals surface area contributed by atoms with Crippen LogP contribution in [0.3, 0.4) is 0 Å². The minimum atomic E-state index is -0.725. The fraction of sp³-hybridized carbons (Fsp3) is 0.889. The lowest BCUT2D eigenvalue weighted by atomic mass is 9.88. The molecule has 1 saturated carbocycles. The van der Waals surface area contributed by atoms with Crippen molar-refractivity contribution < 1.29 is 9.53 Å². The fourth-order valence-electron chi connectivity index (χ4n) is 1.96. The van der Waals surface area contributed by atoms with E-state index in [0.717, 1.165) is 6.42 Å². The molecule has 13 heavy (non-hydrogen) atoms. The summed E-state index contributed by atoms with van der Waals surface area (Å²) in [7, 11) is 0. The van der Waals surface area contributed by atoms with Crippen LogP contribution in [0.1, 0.15) is 27.2 Å². The SMILES string of the molecule is CC(C)(C)[C@@H]1C[C@@]1(CN)OC(N)=O. The number of hydrogen-bond acceptors (Lipinski definition) is 3. The zero-order chi connectivity index (χ0) is 10.3. The predicted octanol–water partition coefficient (Wildman–Crippen LogP) is 0.845. The second-order valence-corrected chi connectivity index (χ2v) is 4.81.